The summed E-state index contributed by atoms with van der Waals surface area (Å²) < 4.78 is 0. The average Bonchev–Trinajstić information content (AvgIpc) is 2.56. The Labute approximate surface area is 168 Å². The number of aliphatic imine (C=N–C) groups is 1. The molecule has 0 aromatic heterocycles. The first-order chi connectivity index (χ1) is 11.3. The first-order valence-electron chi connectivity index (χ1n) is 8.64. The molecule has 0 saturated carbocycles. The molecule has 2 N–H and O–H groups in total. The number of hydrogen-bond donors (Lipinski definition) is 2. The number of amides is 1. The van der Waals surface area contributed by atoms with Gasteiger partial charge in [-0.05, 0) is 26.3 Å². The Bertz CT molecular complexity index is 599. The lowest BCUT2D eigenvalue weighted by Crippen LogP contribution is -2.72. The van der Waals surface area contributed by atoms with Gasteiger partial charge in [0.2, 0.25) is 5.91 Å². The van der Waals surface area contributed by atoms with Crippen molar-refractivity contribution in [1.29, 1.82) is 0 Å². The van der Waals surface area contributed by atoms with E-state index in [1.807, 2.05) is 37.3 Å². The molecular weight excluding hydrogens is 427 g/mol. The fourth-order valence-corrected chi connectivity index (χ4v) is 2.79. The number of nitrogens with zero attached hydrogens (tertiary/aromatic N) is 2. The zero-order chi connectivity index (χ0) is 17.8. The predicted molar refractivity (Wildman–Crippen MR) is 114 cm³/mol. The van der Waals surface area contributed by atoms with Gasteiger partial charge in [-0.1, -0.05) is 44.2 Å². The highest BCUT2D eigenvalue weighted by atomic mass is 127. The lowest BCUT2D eigenvalue weighted by molar-refractivity contribution is -0.119. The van der Waals surface area contributed by atoms with E-state index in [0.717, 1.165) is 24.6 Å². The van der Waals surface area contributed by atoms with Crippen molar-refractivity contribution in [3.05, 3.63) is 35.9 Å². The van der Waals surface area contributed by atoms with E-state index < -0.39 is 0 Å². The van der Waals surface area contributed by atoms with Gasteiger partial charge in [-0.15, -0.1) is 24.0 Å². The summed E-state index contributed by atoms with van der Waals surface area (Å²) in [5, 5.41) is 6.22. The minimum absolute atomic E-state index is 0. The number of guanidine groups is 1. The van der Waals surface area contributed by atoms with Crippen LogP contribution in [0, 0.1) is 5.41 Å². The van der Waals surface area contributed by atoms with Crippen molar-refractivity contribution in [2.75, 3.05) is 19.6 Å². The summed E-state index contributed by atoms with van der Waals surface area (Å²) in [6.07, 6.45) is 0. The maximum absolute atomic E-state index is 12.1. The third-order valence-corrected chi connectivity index (χ3v) is 5.18. The summed E-state index contributed by atoms with van der Waals surface area (Å²) in [6.45, 7) is 13.4. The van der Waals surface area contributed by atoms with Crippen molar-refractivity contribution in [2.45, 2.75) is 46.7 Å². The van der Waals surface area contributed by atoms with Gasteiger partial charge in [0.05, 0.1) is 0 Å². The molecular formula is C19H31IN4O. The van der Waals surface area contributed by atoms with E-state index in [0.29, 0.717) is 6.54 Å². The summed E-state index contributed by atoms with van der Waals surface area (Å²) >= 11 is 0. The number of rotatable bonds is 5. The molecule has 140 valence electrons. The predicted octanol–water partition coefficient (Wildman–Crippen LogP) is 3.01. The molecule has 1 aromatic rings. The van der Waals surface area contributed by atoms with Gasteiger partial charge in [-0.2, -0.15) is 0 Å². The molecule has 0 aliphatic carbocycles. The largest absolute Gasteiger partial charge is 0.356 e. The Morgan fingerprint density at radius 3 is 2.32 bits per heavy atom. The second-order valence-electron chi connectivity index (χ2n) is 7.46. The Kier molecular flexibility index (Phi) is 7.71. The fourth-order valence-electron chi connectivity index (χ4n) is 2.79. The number of halogens is 1. The molecule has 6 heteroatoms. The molecule has 2 rings (SSSR count). The van der Waals surface area contributed by atoms with Crippen molar-refractivity contribution in [1.82, 2.24) is 15.5 Å². The smallest absolute Gasteiger partial charge is 0.242 e. The van der Waals surface area contributed by atoms with Gasteiger partial charge in [0.15, 0.2) is 5.96 Å². The van der Waals surface area contributed by atoms with Gasteiger partial charge < -0.3 is 15.5 Å². The van der Waals surface area contributed by atoms with Crippen LogP contribution in [0.3, 0.4) is 0 Å². The molecule has 0 spiro atoms. The lowest BCUT2D eigenvalue weighted by atomic mass is 9.65. The second kappa shape index (κ2) is 8.87. The molecule has 0 bridgehead atoms. The minimum atomic E-state index is -0.0631. The van der Waals surface area contributed by atoms with Crippen LogP contribution >= 0.6 is 24.0 Å². The molecule has 1 aliphatic rings. The van der Waals surface area contributed by atoms with Gasteiger partial charge in [-0.3, -0.25) is 4.79 Å². The van der Waals surface area contributed by atoms with Gasteiger partial charge in [0, 0.05) is 30.6 Å². The number of nitrogens with one attached hydrogen (secondary N) is 2. The molecule has 1 amide bonds. The maximum Gasteiger partial charge on any atom is 0.242 e. The van der Waals surface area contributed by atoms with E-state index in [9.17, 15) is 4.79 Å². The van der Waals surface area contributed by atoms with Gasteiger partial charge in [0.1, 0.15) is 6.54 Å². The van der Waals surface area contributed by atoms with Crippen LogP contribution in [0.4, 0.5) is 0 Å². The number of carbonyl (C=O) groups is 1. The second-order valence-corrected chi connectivity index (χ2v) is 7.46. The van der Waals surface area contributed by atoms with Gasteiger partial charge >= 0.3 is 0 Å². The topological polar surface area (TPSA) is 56.7 Å². The fraction of sp³-hybridized carbons (Fsp3) is 0.579. The van der Waals surface area contributed by atoms with Crippen LogP contribution in [-0.2, 0) is 11.3 Å². The van der Waals surface area contributed by atoms with Crippen LogP contribution in [0.25, 0.3) is 0 Å². The summed E-state index contributed by atoms with van der Waals surface area (Å²) in [7, 11) is 0. The van der Waals surface area contributed by atoms with Crippen LogP contribution in [0.5, 0.6) is 0 Å². The maximum atomic E-state index is 12.1. The Morgan fingerprint density at radius 2 is 1.80 bits per heavy atom. The third kappa shape index (κ3) is 5.09. The van der Waals surface area contributed by atoms with E-state index in [1.54, 1.807) is 0 Å². The normalized spacial score (nSPS) is 18.0. The zero-order valence-corrected chi connectivity index (χ0v) is 18.3. The Balaban J connectivity index is 0.00000312. The molecule has 5 nitrogen and oxygen atoms in total. The van der Waals surface area contributed by atoms with Crippen molar-refractivity contribution in [3.63, 3.8) is 0 Å². The van der Waals surface area contributed by atoms with Crippen LogP contribution in [-0.4, -0.2) is 41.9 Å². The third-order valence-electron chi connectivity index (χ3n) is 5.18. The van der Waals surface area contributed by atoms with Crippen molar-refractivity contribution >= 4 is 35.8 Å². The van der Waals surface area contributed by atoms with Crippen LogP contribution in [0.2, 0.25) is 0 Å². The van der Waals surface area contributed by atoms with Gasteiger partial charge in [0.25, 0.3) is 0 Å². The zero-order valence-electron chi connectivity index (χ0n) is 15.9. The number of hydrogen-bond acceptors (Lipinski definition) is 2. The molecule has 1 aliphatic heterocycles. The molecule has 0 radical (unpaired) electrons. The van der Waals surface area contributed by atoms with E-state index in [2.05, 4.69) is 48.2 Å². The summed E-state index contributed by atoms with van der Waals surface area (Å²) in [5.41, 5.74) is 1.35. The van der Waals surface area contributed by atoms with Crippen LogP contribution in [0.1, 0.15) is 40.2 Å². The monoisotopic (exact) mass is 458 g/mol. The number of benzene rings is 1. The van der Waals surface area contributed by atoms with Gasteiger partial charge in [-0.25, -0.2) is 4.99 Å². The van der Waals surface area contributed by atoms with Crippen LogP contribution in [0.15, 0.2) is 35.3 Å². The standard InChI is InChI=1S/C19H30N4O.HI/c1-6-20-17(23-14-18(2,3)19(23,4)5)22-13-16(24)21-12-15-10-8-7-9-11-15;/h7-11H,6,12-14H2,1-5H3,(H,20,22)(H,21,24);1H. The quantitative estimate of drug-likeness (QED) is 0.405. The van der Waals surface area contributed by atoms with Crippen molar-refractivity contribution in [3.8, 4) is 0 Å². The molecule has 1 heterocycles. The lowest BCUT2D eigenvalue weighted by Gasteiger charge is -2.62. The average molecular weight is 458 g/mol. The molecule has 1 saturated heterocycles. The Morgan fingerprint density at radius 1 is 1.16 bits per heavy atom. The first-order valence-corrected chi connectivity index (χ1v) is 8.64. The number of carbonyl (C=O) groups excluding carboxylic acids is 1. The van der Waals surface area contributed by atoms with E-state index >= 15 is 0 Å². The van der Waals surface area contributed by atoms with E-state index in [4.69, 9.17) is 0 Å². The van der Waals surface area contributed by atoms with E-state index in [-0.39, 0.29) is 47.4 Å². The first kappa shape index (κ1) is 21.7. The SMILES string of the molecule is CCNC(=NCC(=O)NCc1ccccc1)N1CC(C)(C)C1(C)C.I. The van der Waals surface area contributed by atoms with Crippen molar-refractivity contribution in [2.24, 2.45) is 10.4 Å². The summed E-state index contributed by atoms with van der Waals surface area (Å²) in [6, 6.07) is 9.90. The molecule has 0 atom stereocenters. The van der Waals surface area contributed by atoms with Crippen LogP contribution < -0.4 is 10.6 Å². The highest BCUT2D eigenvalue weighted by Crippen LogP contribution is 2.46. The highest BCUT2D eigenvalue weighted by molar-refractivity contribution is 14.0. The number of likely N-dealkylation sites (tertiary alicyclic amines) is 1. The minimum Gasteiger partial charge on any atom is -0.356 e. The molecule has 1 aromatic carbocycles. The molecule has 0 unspecified atom stereocenters. The van der Waals surface area contributed by atoms with Crippen molar-refractivity contribution < 1.29 is 4.79 Å². The summed E-state index contributed by atoms with van der Waals surface area (Å²) in [4.78, 5) is 18.9. The van der Waals surface area contributed by atoms with E-state index in [1.165, 1.54) is 0 Å². The molecule has 25 heavy (non-hydrogen) atoms. The molecule has 1 fully saturated rings. The Hall–Kier alpha value is -1.31. The highest BCUT2D eigenvalue weighted by Gasteiger charge is 2.53. The summed E-state index contributed by atoms with van der Waals surface area (Å²) in [5.74, 6) is 0.753.